The summed E-state index contributed by atoms with van der Waals surface area (Å²) in [6, 6.07) is 23.6. The topological polar surface area (TPSA) is 65.5 Å². The summed E-state index contributed by atoms with van der Waals surface area (Å²) in [7, 11) is 0. The van der Waals surface area contributed by atoms with Gasteiger partial charge in [-0.3, -0.25) is 9.59 Å². The molecular formula is C35H31Br2N3O2. The lowest BCUT2D eigenvalue weighted by Gasteiger charge is -2.56. The lowest BCUT2D eigenvalue weighted by atomic mass is 9.49. The standard InChI is InChI=1S/C35H31Br2N3O2/c36-25-8-6-23(7-9-25)29-16-30(40(39-29)34(42)35-17-20-12-21(18-35)14-22(13-20)19-35)32-31(24-4-2-1-3-5-24)27-15-26(37)10-11-28(27)38-33(32)41/h1-11,15,20-22,30H,12-14,16-19H2,(H,38,41)/t20?,21?,22?,30-,35?/m1/s1. The number of nitrogens with one attached hydrogen (secondary N) is 1. The van der Waals surface area contributed by atoms with Gasteiger partial charge >= 0.3 is 0 Å². The van der Waals surface area contributed by atoms with Gasteiger partial charge < -0.3 is 4.98 Å². The molecule has 1 aromatic heterocycles. The van der Waals surface area contributed by atoms with E-state index < -0.39 is 6.04 Å². The number of carbonyl (C=O) groups excluding carboxylic acids is 1. The summed E-state index contributed by atoms with van der Waals surface area (Å²) < 4.78 is 1.93. The number of aromatic nitrogens is 1. The van der Waals surface area contributed by atoms with Gasteiger partial charge in [-0.25, -0.2) is 5.01 Å². The van der Waals surface area contributed by atoms with Crippen LogP contribution in [0, 0.1) is 23.2 Å². The molecule has 4 saturated carbocycles. The molecule has 1 atom stereocenters. The maximum Gasteiger partial charge on any atom is 0.254 e. The molecule has 1 N–H and O–H groups in total. The third-order valence-electron chi connectivity index (χ3n) is 10.2. The van der Waals surface area contributed by atoms with Crippen LogP contribution in [0.5, 0.6) is 0 Å². The highest BCUT2D eigenvalue weighted by Gasteiger charge is 2.57. The third kappa shape index (κ3) is 4.34. The fourth-order valence-corrected chi connectivity index (χ4v) is 9.49. The van der Waals surface area contributed by atoms with Crippen molar-refractivity contribution in [1.29, 1.82) is 0 Å². The van der Waals surface area contributed by atoms with Crippen LogP contribution < -0.4 is 5.56 Å². The first-order valence-electron chi connectivity index (χ1n) is 14.9. The van der Waals surface area contributed by atoms with E-state index in [0.717, 1.165) is 61.5 Å². The Morgan fingerprint density at radius 2 is 1.48 bits per heavy atom. The van der Waals surface area contributed by atoms with Gasteiger partial charge in [-0.05, 0) is 97.7 Å². The minimum Gasteiger partial charge on any atom is -0.322 e. The van der Waals surface area contributed by atoms with Crippen LogP contribution in [0.4, 0.5) is 0 Å². The molecule has 3 aromatic carbocycles. The third-order valence-corrected chi connectivity index (χ3v) is 11.2. The van der Waals surface area contributed by atoms with Crippen molar-refractivity contribution in [1.82, 2.24) is 9.99 Å². The molecule has 0 saturated heterocycles. The Kier molecular flexibility index (Phi) is 6.34. The number of rotatable bonds is 4. The van der Waals surface area contributed by atoms with Crippen LogP contribution in [0.15, 0.2) is 91.6 Å². The minimum absolute atomic E-state index is 0.117. The average molecular weight is 685 g/mol. The monoisotopic (exact) mass is 683 g/mol. The molecular weight excluding hydrogens is 654 g/mol. The van der Waals surface area contributed by atoms with Crippen LogP contribution in [-0.4, -0.2) is 21.6 Å². The summed E-state index contributed by atoms with van der Waals surface area (Å²) >= 11 is 7.20. The van der Waals surface area contributed by atoms with Crippen LogP contribution >= 0.6 is 31.9 Å². The van der Waals surface area contributed by atoms with Gasteiger partial charge in [0.15, 0.2) is 0 Å². The van der Waals surface area contributed by atoms with Crippen LogP contribution in [0.3, 0.4) is 0 Å². The number of aromatic amines is 1. The molecule has 0 spiro atoms. The number of fused-ring (bicyclic) bond motifs is 1. The van der Waals surface area contributed by atoms with Crippen molar-refractivity contribution < 1.29 is 4.79 Å². The van der Waals surface area contributed by atoms with Crippen molar-refractivity contribution in [3.63, 3.8) is 0 Å². The number of halogens is 2. The van der Waals surface area contributed by atoms with Crippen molar-refractivity contribution in [2.24, 2.45) is 28.3 Å². The summed E-state index contributed by atoms with van der Waals surface area (Å²) in [5.41, 5.74) is 4.51. The first-order valence-corrected chi connectivity index (χ1v) is 16.5. The second-order valence-electron chi connectivity index (χ2n) is 12.9. The minimum atomic E-state index is -0.494. The first kappa shape index (κ1) is 26.6. The van der Waals surface area contributed by atoms with Gasteiger partial charge in [0.05, 0.1) is 22.7 Å². The Hall–Kier alpha value is -3.03. The maximum atomic E-state index is 14.9. The zero-order chi connectivity index (χ0) is 28.6. The summed E-state index contributed by atoms with van der Waals surface area (Å²) in [5, 5.41) is 7.79. The van der Waals surface area contributed by atoms with Crippen LogP contribution in [0.2, 0.25) is 0 Å². The predicted molar refractivity (Wildman–Crippen MR) is 173 cm³/mol. The Bertz CT molecular complexity index is 1780. The van der Waals surface area contributed by atoms with Gasteiger partial charge in [-0.2, -0.15) is 5.10 Å². The predicted octanol–water partition coefficient (Wildman–Crippen LogP) is 8.61. The van der Waals surface area contributed by atoms with Crippen molar-refractivity contribution in [2.75, 3.05) is 0 Å². The van der Waals surface area contributed by atoms with Gasteiger partial charge in [-0.15, -0.1) is 0 Å². The molecule has 0 radical (unpaired) electrons. The molecule has 42 heavy (non-hydrogen) atoms. The number of benzene rings is 3. The lowest BCUT2D eigenvalue weighted by molar-refractivity contribution is -0.159. The second-order valence-corrected chi connectivity index (χ2v) is 14.8. The Labute approximate surface area is 261 Å². The van der Waals surface area contributed by atoms with E-state index in [1.165, 1.54) is 19.3 Å². The number of amides is 1. The molecule has 4 aromatic rings. The number of carbonyl (C=O) groups is 1. The van der Waals surface area contributed by atoms with E-state index in [1.54, 1.807) is 5.01 Å². The smallest absolute Gasteiger partial charge is 0.254 e. The fourth-order valence-electron chi connectivity index (χ4n) is 8.87. The SMILES string of the molecule is O=C(N1N=C(c2ccc(Br)cc2)C[C@@H]1c1c(-c2ccccc2)c2cc(Br)ccc2[nH]c1=O)C12CC3CC(CC(C3)C1)C2. The first-order chi connectivity index (χ1) is 20.4. The molecule has 4 bridgehead atoms. The Morgan fingerprint density at radius 3 is 2.14 bits per heavy atom. The molecule has 4 fully saturated rings. The van der Waals surface area contributed by atoms with Crippen molar-refractivity contribution >= 4 is 54.4 Å². The molecule has 2 heterocycles. The lowest BCUT2D eigenvalue weighted by Crippen LogP contribution is -2.53. The largest absolute Gasteiger partial charge is 0.322 e. The number of hydrazone groups is 1. The van der Waals surface area contributed by atoms with Crippen molar-refractivity contribution in [2.45, 2.75) is 51.0 Å². The van der Waals surface area contributed by atoms with E-state index in [1.807, 2.05) is 54.6 Å². The summed E-state index contributed by atoms with van der Waals surface area (Å²) in [6.45, 7) is 0. The van der Waals surface area contributed by atoms with Crippen molar-refractivity contribution in [3.8, 4) is 11.1 Å². The molecule has 5 aliphatic rings. The molecule has 7 heteroatoms. The highest BCUT2D eigenvalue weighted by molar-refractivity contribution is 9.10. The molecule has 0 unspecified atom stereocenters. The van der Waals surface area contributed by atoms with E-state index >= 15 is 0 Å². The van der Waals surface area contributed by atoms with Gasteiger partial charge in [0.2, 0.25) is 5.91 Å². The molecule has 5 nitrogen and oxygen atoms in total. The quantitative estimate of drug-likeness (QED) is 0.234. The van der Waals surface area contributed by atoms with Gasteiger partial charge in [0.1, 0.15) is 0 Å². The fraction of sp³-hybridized carbons (Fsp3) is 0.343. The van der Waals surface area contributed by atoms with Gasteiger partial charge in [0.25, 0.3) is 5.56 Å². The molecule has 212 valence electrons. The summed E-state index contributed by atoms with van der Waals surface area (Å²) in [5.74, 6) is 2.03. The Morgan fingerprint density at radius 1 is 0.833 bits per heavy atom. The van der Waals surface area contributed by atoms with E-state index in [4.69, 9.17) is 5.10 Å². The zero-order valence-electron chi connectivity index (χ0n) is 23.2. The molecule has 1 amide bonds. The molecule has 4 aliphatic carbocycles. The number of nitrogens with zero attached hydrogens (tertiary/aromatic N) is 2. The number of hydrogen-bond acceptors (Lipinski definition) is 3. The average Bonchev–Trinajstić information content (AvgIpc) is 3.41. The van der Waals surface area contributed by atoms with Gasteiger partial charge in [-0.1, -0.05) is 74.3 Å². The molecule has 1 aliphatic heterocycles. The number of H-pyrrole nitrogens is 1. The molecule has 9 rings (SSSR count). The highest BCUT2D eigenvalue weighted by atomic mass is 79.9. The van der Waals surface area contributed by atoms with Crippen LogP contribution in [0.25, 0.3) is 22.0 Å². The Balaban J connectivity index is 1.32. The van der Waals surface area contributed by atoms with E-state index in [0.29, 0.717) is 29.7 Å². The highest BCUT2D eigenvalue weighted by Crippen LogP contribution is 2.61. The van der Waals surface area contributed by atoms with Crippen molar-refractivity contribution in [3.05, 3.63) is 103 Å². The summed E-state index contributed by atoms with van der Waals surface area (Å²) in [4.78, 5) is 32.2. The van der Waals surface area contributed by atoms with Crippen LogP contribution in [0.1, 0.15) is 62.1 Å². The van der Waals surface area contributed by atoms with Gasteiger partial charge in [0, 0.05) is 31.8 Å². The normalized spacial score (nSPS) is 28.0. The summed E-state index contributed by atoms with van der Waals surface area (Å²) in [6.07, 6.45) is 7.15. The zero-order valence-corrected chi connectivity index (χ0v) is 26.3. The maximum absolute atomic E-state index is 14.9. The van der Waals surface area contributed by atoms with Crippen LogP contribution in [-0.2, 0) is 4.79 Å². The van der Waals surface area contributed by atoms with E-state index in [-0.39, 0.29) is 16.9 Å². The second kappa shape index (κ2) is 10.0. The number of pyridine rings is 1. The van der Waals surface area contributed by atoms with E-state index in [2.05, 4.69) is 55.0 Å². The van der Waals surface area contributed by atoms with E-state index in [9.17, 15) is 9.59 Å². The number of hydrogen-bond donors (Lipinski definition) is 1.